The Balaban J connectivity index is 2.52. The highest BCUT2D eigenvalue weighted by atomic mass is 16.1. The van der Waals surface area contributed by atoms with Crippen LogP contribution >= 0.6 is 0 Å². The number of nitrogens with zero attached hydrogens (tertiary/aromatic N) is 2. The minimum Gasteiger partial charge on any atom is -0.287 e. The lowest BCUT2D eigenvalue weighted by atomic mass is 9.97. The van der Waals surface area contributed by atoms with Gasteiger partial charge >= 0.3 is 0 Å². The Morgan fingerprint density at radius 3 is 2.32 bits per heavy atom. The number of hydrogen-bond donors (Lipinski definition) is 0. The molecule has 0 unspecified atom stereocenters. The van der Waals surface area contributed by atoms with Crippen LogP contribution in [-0.2, 0) is 6.54 Å². The summed E-state index contributed by atoms with van der Waals surface area (Å²) in [5, 5.41) is 4.34. The molecular weight excluding hydrogens is 236 g/mol. The van der Waals surface area contributed by atoms with Crippen molar-refractivity contribution in [3.63, 3.8) is 0 Å². The maximum Gasteiger partial charge on any atom is 0.211 e. The number of aromatic nitrogens is 2. The summed E-state index contributed by atoms with van der Waals surface area (Å²) in [6.45, 7) is 10.7. The van der Waals surface area contributed by atoms with Crippen LogP contribution < -0.4 is 0 Å². The molecule has 0 amide bonds. The molecule has 1 aromatic carbocycles. The van der Waals surface area contributed by atoms with Crippen molar-refractivity contribution in [1.29, 1.82) is 0 Å². The quantitative estimate of drug-likeness (QED) is 0.789. The van der Waals surface area contributed by atoms with E-state index in [2.05, 4.69) is 18.1 Å². The maximum absolute atomic E-state index is 12.7. The first kappa shape index (κ1) is 13.5. The van der Waals surface area contributed by atoms with Crippen molar-refractivity contribution in [2.45, 2.75) is 41.2 Å². The van der Waals surface area contributed by atoms with Crippen LogP contribution in [0.1, 0.15) is 45.4 Å². The Bertz CT molecular complexity index is 638. The van der Waals surface area contributed by atoms with E-state index in [-0.39, 0.29) is 5.78 Å². The second-order valence-corrected chi connectivity index (χ2v) is 5.07. The summed E-state index contributed by atoms with van der Waals surface area (Å²) in [7, 11) is 0. The molecule has 0 bridgehead atoms. The van der Waals surface area contributed by atoms with Crippen LogP contribution in [0.15, 0.2) is 18.2 Å². The number of carbonyl (C=O) groups is 1. The van der Waals surface area contributed by atoms with Crippen LogP contribution in [0.25, 0.3) is 0 Å². The molecular formula is C16H20N2O. The lowest BCUT2D eigenvalue weighted by Gasteiger charge is -2.09. The van der Waals surface area contributed by atoms with Gasteiger partial charge in [-0.25, -0.2) is 0 Å². The van der Waals surface area contributed by atoms with Crippen molar-refractivity contribution < 1.29 is 4.79 Å². The molecule has 100 valence electrons. The van der Waals surface area contributed by atoms with Gasteiger partial charge in [0.05, 0.1) is 5.69 Å². The molecule has 0 N–H and O–H groups in total. The number of ketones is 1. The topological polar surface area (TPSA) is 34.9 Å². The van der Waals surface area contributed by atoms with Gasteiger partial charge in [-0.2, -0.15) is 5.10 Å². The summed E-state index contributed by atoms with van der Waals surface area (Å²) in [4.78, 5) is 12.7. The van der Waals surface area contributed by atoms with Gasteiger partial charge in [0.15, 0.2) is 0 Å². The van der Waals surface area contributed by atoms with E-state index in [9.17, 15) is 4.79 Å². The summed E-state index contributed by atoms with van der Waals surface area (Å²) < 4.78 is 1.77. The fraction of sp³-hybridized carbons (Fsp3) is 0.375. The van der Waals surface area contributed by atoms with Gasteiger partial charge in [-0.05, 0) is 63.4 Å². The van der Waals surface area contributed by atoms with Gasteiger partial charge in [0.2, 0.25) is 5.78 Å². The third-order valence-electron chi connectivity index (χ3n) is 3.52. The van der Waals surface area contributed by atoms with Crippen molar-refractivity contribution in [3.8, 4) is 0 Å². The molecule has 0 atom stereocenters. The lowest BCUT2D eigenvalue weighted by Crippen LogP contribution is -2.12. The smallest absolute Gasteiger partial charge is 0.211 e. The second kappa shape index (κ2) is 5.00. The zero-order chi connectivity index (χ0) is 14.2. The van der Waals surface area contributed by atoms with Crippen molar-refractivity contribution in [2.24, 2.45) is 0 Å². The lowest BCUT2D eigenvalue weighted by molar-refractivity contribution is 0.102. The van der Waals surface area contributed by atoms with Gasteiger partial charge in [-0.3, -0.25) is 9.48 Å². The van der Waals surface area contributed by atoms with E-state index in [0.29, 0.717) is 12.2 Å². The molecule has 0 fully saturated rings. The van der Waals surface area contributed by atoms with Crippen molar-refractivity contribution in [2.75, 3.05) is 0 Å². The molecule has 0 saturated carbocycles. The molecule has 19 heavy (non-hydrogen) atoms. The van der Waals surface area contributed by atoms with E-state index in [1.807, 2.05) is 39.8 Å². The van der Waals surface area contributed by atoms with E-state index < -0.39 is 0 Å². The van der Waals surface area contributed by atoms with Crippen molar-refractivity contribution >= 4 is 5.78 Å². The number of aryl methyl sites for hydroxylation is 5. The zero-order valence-corrected chi connectivity index (χ0v) is 12.2. The van der Waals surface area contributed by atoms with E-state index in [4.69, 9.17) is 0 Å². The molecule has 0 aliphatic rings. The van der Waals surface area contributed by atoms with Crippen molar-refractivity contribution in [3.05, 3.63) is 51.8 Å². The Hall–Kier alpha value is -1.90. The highest BCUT2D eigenvalue weighted by Crippen LogP contribution is 2.19. The van der Waals surface area contributed by atoms with Crippen LogP contribution in [0, 0.1) is 27.7 Å². The Morgan fingerprint density at radius 1 is 1.05 bits per heavy atom. The van der Waals surface area contributed by atoms with Gasteiger partial charge in [-0.15, -0.1) is 0 Å². The number of benzene rings is 1. The number of carbonyl (C=O) groups excluding carboxylic acids is 1. The fourth-order valence-corrected chi connectivity index (χ4v) is 2.31. The van der Waals surface area contributed by atoms with Gasteiger partial charge in [-0.1, -0.05) is 6.07 Å². The highest BCUT2D eigenvalue weighted by Gasteiger charge is 2.17. The first-order valence-corrected chi connectivity index (χ1v) is 6.61. The molecule has 1 heterocycles. The third-order valence-corrected chi connectivity index (χ3v) is 3.52. The molecule has 0 saturated heterocycles. The third kappa shape index (κ3) is 2.46. The normalized spacial score (nSPS) is 10.8. The summed E-state index contributed by atoms with van der Waals surface area (Å²) in [6.07, 6.45) is 0. The first-order valence-electron chi connectivity index (χ1n) is 6.61. The van der Waals surface area contributed by atoms with E-state index in [1.54, 1.807) is 4.68 Å². The first-order chi connectivity index (χ1) is 8.93. The van der Waals surface area contributed by atoms with E-state index in [1.165, 1.54) is 5.56 Å². The molecule has 0 aliphatic heterocycles. The monoisotopic (exact) mass is 256 g/mol. The van der Waals surface area contributed by atoms with Gasteiger partial charge < -0.3 is 0 Å². The standard InChI is InChI=1S/C16H20N2O/c1-6-18-15(9-13(5)17-18)16(19)14-8-11(3)10(2)7-12(14)4/h7-9H,6H2,1-5H3. The zero-order valence-electron chi connectivity index (χ0n) is 12.2. The van der Waals surface area contributed by atoms with Gasteiger partial charge in [0.1, 0.15) is 5.69 Å². The van der Waals surface area contributed by atoms with Gasteiger partial charge in [0, 0.05) is 12.1 Å². The molecule has 2 rings (SSSR count). The molecule has 3 nitrogen and oxygen atoms in total. The second-order valence-electron chi connectivity index (χ2n) is 5.07. The van der Waals surface area contributed by atoms with Crippen LogP contribution in [0.3, 0.4) is 0 Å². The minimum atomic E-state index is 0.0584. The highest BCUT2D eigenvalue weighted by molar-refractivity contribution is 6.09. The summed E-state index contributed by atoms with van der Waals surface area (Å²) >= 11 is 0. The SMILES string of the molecule is CCn1nc(C)cc1C(=O)c1cc(C)c(C)cc1C. The molecule has 2 aromatic rings. The fourth-order valence-electron chi connectivity index (χ4n) is 2.31. The Labute approximate surface area is 114 Å². The summed E-state index contributed by atoms with van der Waals surface area (Å²) in [5.74, 6) is 0.0584. The predicted octanol–water partition coefficient (Wildman–Crippen LogP) is 3.37. The van der Waals surface area contributed by atoms with E-state index in [0.717, 1.165) is 22.4 Å². The molecule has 0 radical (unpaired) electrons. The van der Waals surface area contributed by atoms with Crippen LogP contribution in [0.5, 0.6) is 0 Å². The summed E-state index contributed by atoms with van der Waals surface area (Å²) in [5.41, 5.74) is 5.72. The average Bonchev–Trinajstić information content (AvgIpc) is 2.74. The number of rotatable bonds is 3. The van der Waals surface area contributed by atoms with Crippen LogP contribution in [0.2, 0.25) is 0 Å². The maximum atomic E-state index is 12.7. The molecule has 0 aliphatic carbocycles. The Kier molecular flexibility index (Phi) is 3.56. The molecule has 1 aromatic heterocycles. The molecule has 0 spiro atoms. The number of hydrogen-bond acceptors (Lipinski definition) is 2. The Morgan fingerprint density at radius 2 is 1.68 bits per heavy atom. The molecule has 3 heteroatoms. The minimum absolute atomic E-state index is 0.0584. The van der Waals surface area contributed by atoms with Crippen LogP contribution in [0.4, 0.5) is 0 Å². The predicted molar refractivity (Wildman–Crippen MR) is 76.7 cm³/mol. The largest absolute Gasteiger partial charge is 0.287 e. The summed E-state index contributed by atoms with van der Waals surface area (Å²) in [6, 6.07) is 5.91. The van der Waals surface area contributed by atoms with E-state index >= 15 is 0 Å². The van der Waals surface area contributed by atoms with Gasteiger partial charge in [0.25, 0.3) is 0 Å². The van der Waals surface area contributed by atoms with Crippen molar-refractivity contribution in [1.82, 2.24) is 9.78 Å². The average molecular weight is 256 g/mol. The van der Waals surface area contributed by atoms with Crippen LogP contribution in [-0.4, -0.2) is 15.6 Å².